The van der Waals surface area contributed by atoms with Crippen LogP contribution in [0.15, 0.2) is 0 Å². The van der Waals surface area contributed by atoms with Gasteiger partial charge in [0.15, 0.2) is 0 Å². The summed E-state index contributed by atoms with van der Waals surface area (Å²) in [6.07, 6.45) is -8.60. The average molecular weight is 1330 g/mol. The van der Waals surface area contributed by atoms with E-state index in [0.717, 1.165) is 0 Å². The van der Waals surface area contributed by atoms with Gasteiger partial charge in [-0.3, -0.25) is 0 Å². The topological polar surface area (TPSA) is 432 Å². The van der Waals surface area contributed by atoms with Crippen molar-refractivity contribution in [3.8, 4) is 0 Å². The number of aliphatic carboxylic acids is 8. The standard InChI is InChI=1S/C32H56O28Si8.4Fe/c33-25(34)9-1-17-61-49-62(18-2-10-26(35)36)52-65(21-5-13-29(41)42)54-63(50-61,19-3-11-27(37)38)56-67(23-7-15-31(45)46)57-64(51-61,20-4-12-28(39)40)55-66(53-62,22-6-14-30(43)44)59-68(58-65,60-67)24-8-16-32(47)48;;;;/h1-24H2,(H,33,34)(H,35,36)(H,37,38)(H,39,40)(H,41,42)(H,43,44)(H,45,46)(H,47,48);;;;/q;4*+2/p-8. The van der Waals surface area contributed by atoms with Crippen molar-refractivity contribution in [2.75, 3.05) is 0 Å². The maximum atomic E-state index is 11.9. The predicted molar refractivity (Wildman–Crippen MR) is 211 cm³/mol. The van der Waals surface area contributed by atoms with E-state index in [-0.39, 0.29) is 120 Å². The van der Waals surface area contributed by atoms with E-state index in [4.69, 9.17) is 49.4 Å². The Morgan fingerprint density at radius 3 is 0.361 bits per heavy atom. The normalized spacial score (nSPS) is 31.8. The van der Waals surface area contributed by atoms with E-state index in [1.54, 1.807) is 0 Å². The molecule has 408 valence electrons. The number of carbonyl (C=O) groups excluding carboxylic acids is 8. The SMILES string of the molecule is O=C([O-])CCC[Si]12O[Si]3(CCCC(=O)[O-])O[Si]4(CCCC(=O)[O-])O[Si](CCCC(=O)[O-])(O1)O[Si]1(CCCC(=O)[O-])O[Si](CCCC(=O)[O-])(O2)O[Si](CCCC(=O)[O-])(O3)O[Si](CCCC(=O)[O-])(O4)O1.[Fe+2].[Fe+2].[Fe+2].[Fe+2]. The molecule has 28 nitrogen and oxygen atoms in total. The molecule has 6 rings (SSSR count). The second-order valence-electron chi connectivity index (χ2n) is 16.5. The third-order valence-corrected chi connectivity index (χ3v) is 48.2. The zero-order valence-electron chi connectivity index (χ0n) is 37.8. The van der Waals surface area contributed by atoms with Crippen molar-refractivity contribution < 1.29 is 197 Å². The van der Waals surface area contributed by atoms with Crippen LogP contribution < -0.4 is 40.9 Å². The van der Waals surface area contributed by atoms with Crippen LogP contribution in [0.25, 0.3) is 0 Å². The maximum absolute atomic E-state index is 11.9. The van der Waals surface area contributed by atoms with Crippen LogP contribution in [0.3, 0.4) is 0 Å². The van der Waals surface area contributed by atoms with Crippen molar-refractivity contribution in [3.63, 3.8) is 0 Å². The fourth-order valence-corrected chi connectivity index (χ4v) is 58.6. The minimum absolute atomic E-state index is 0. The van der Waals surface area contributed by atoms with Gasteiger partial charge in [0.25, 0.3) is 0 Å². The molecule has 0 atom stereocenters. The van der Waals surface area contributed by atoms with E-state index < -0.39 is 218 Å². The van der Waals surface area contributed by atoms with Crippen LogP contribution in [-0.4, -0.2) is 118 Å². The number of hydrogen-bond donors (Lipinski definition) is 0. The van der Waals surface area contributed by atoms with E-state index in [9.17, 15) is 79.2 Å². The van der Waals surface area contributed by atoms with Crippen LogP contribution in [-0.2, 0) is 156 Å². The van der Waals surface area contributed by atoms with Gasteiger partial charge < -0.3 is 129 Å². The molecule has 0 aliphatic carbocycles. The zero-order chi connectivity index (χ0) is 50.1. The Morgan fingerprint density at radius 2 is 0.292 bits per heavy atom. The van der Waals surface area contributed by atoms with E-state index in [2.05, 4.69) is 0 Å². The van der Waals surface area contributed by atoms with Crippen LogP contribution in [0.2, 0.25) is 48.4 Å². The quantitative estimate of drug-likeness (QED) is 0.0565. The third kappa shape index (κ3) is 19.8. The summed E-state index contributed by atoms with van der Waals surface area (Å²) in [6.45, 7) is 0. The van der Waals surface area contributed by atoms with Crippen molar-refractivity contribution in [3.05, 3.63) is 0 Å². The summed E-state index contributed by atoms with van der Waals surface area (Å²) in [7, 11) is -40.7. The van der Waals surface area contributed by atoms with E-state index in [0.29, 0.717) is 0 Å². The van der Waals surface area contributed by atoms with Crippen molar-refractivity contribution in [2.24, 2.45) is 0 Å². The van der Waals surface area contributed by atoms with Crippen LogP contribution in [0.4, 0.5) is 0 Å². The summed E-state index contributed by atoms with van der Waals surface area (Å²) in [4.78, 5) is 95.4. The summed E-state index contributed by atoms with van der Waals surface area (Å²) in [5.74, 6) is -12.5. The first-order valence-corrected chi connectivity index (χ1v) is 37.3. The molecule has 40 heteroatoms. The number of hydrogen-bond acceptors (Lipinski definition) is 28. The van der Waals surface area contributed by atoms with Crippen LogP contribution in [0, 0.1) is 0 Å². The molecule has 0 aromatic carbocycles. The number of carboxylic acids is 8. The van der Waals surface area contributed by atoms with Crippen molar-refractivity contribution in [1.82, 2.24) is 0 Å². The molecule has 0 amide bonds. The van der Waals surface area contributed by atoms with Gasteiger partial charge >= 0.3 is 139 Å². The van der Waals surface area contributed by atoms with Crippen LogP contribution >= 0.6 is 0 Å². The Bertz CT molecular complexity index is 1470. The molecule has 0 spiro atoms. The van der Waals surface area contributed by atoms with E-state index in [1.807, 2.05) is 0 Å². The first-order valence-electron chi connectivity index (χ1n) is 21.8. The van der Waals surface area contributed by atoms with E-state index in [1.165, 1.54) is 0 Å². The Kier molecular flexibility index (Phi) is 28.0. The summed E-state index contributed by atoms with van der Waals surface area (Å²) in [5, 5.41) is 95.4. The second-order valence-corrected chi connectivity index (χ2v) is 41.2. The minimum Gasteiger partial charge on any atom is -0.550 e. The smallest absolute Gasteiger partial charge is 0.550 e. The molecule has 0 radical (unpaired) electrons. The van der Waals surface area contributed by atoms with Crippen LogP contribution in [0.1, 0.15) is 103 Å². The molecule has 72 heavy (non-hydrogen) atoms. The summed E-state index contributed by atoms with van der Waals surface area (Å²) in [5.41, 5.74) is 0. The molecule has 0 aromatic rings. The van der Waals surface area contributed by atoms with Crippen molar-refractivity contribution >= 4 is 118 Å². The number of carboxylic acid groups (broad SMARTS) is 8. The molecule has 0 saturated carbocycles. The van der Waals surface area contributed by atoms with Crippen LogP contribution in [0.5, 0.6) is 0 Å². The third-order valence-electron chi connectivity index (χ3n) is 10.6. The van der Waals surface area contributed by atoms with Crippen molar-refractivity contribution in [2.45, 2.75) is 151 Å². The van der Waals surface area contributed by atoms with Gasteiger partial charge in [0.2, 0.25) is 0 Å². The maximum Gasteiger partial charge on any atom is 2.00 e. The van der Waals surface area contributed by atoms with Gasteiger partial charge in [-0.25, -0.2) is 0 Å². The minimum atomic E-state index is -5.09. The zero-order valence-corrected chi connectivity index (χ0v) is 50.2. The molecular formula is C32H48Fe4O28Si8. The Hall–Kier alpha value is -0.907. The molecule has 6 saturated heterocycles. The Morgan fingerprint density at radius 1 is 0.208 bits per heavy atom. The fourth-order valence-electron chi connectivity index (χ4n) is 8.16. The van der Waals surface area contributed by atoms with Gasteiger partial charge in [0.05, 0.1) is 0 Å². The van der Waals surface area contributed by atoms with Crippen molar-refractivity contribution in [1.29, 1.82) is 0 Å². The van der Waals surface area contributed by atoms with Gasteiger partial charge in [0.1, 0.15) is 0 Å². The molecule has 0 unspecified atom stereocenters. The van der Waals surface area contributed by atoms with Gasteiger partial charge in [0, 0.05) is 96.1 Å². The first kappa shape index (κ1) is 69.1. The Labute approximate surface area is 462 Å². The summed E-state index contributed by atoms with van der Waals surface area (Å²) >= 11 is 0. The molecule has 6 aliphatic heterocycles. The summed E-state index contributed by atoms with van der Waals surface area (Å²) in [6, 6.07) is -4.37. The molecule has 0 N–H and O–H groups in total. The predicted octanol–water partition coefficient (Wildman–Crippen LogP) is -8.00. The molecule has 6 aliphatic rings. The molecule has 6 fully saturated rings. The molecule has 8 bridgehead atoms. The van der Waals surface area contributed by atoms with Gasteiger partial charge in [-0.1, -0.05) is 0 Å². The summed E-state index contributed by atoms with van der Waals surface area (Å²) < 4.78 is 84.2. The average Bonchev–Trinajstić information content (AvgIpc) is 3.13. The molecule has 6 heterocycles. The second kappa shape index (κ2) is 29.2. The van der Waals surface area contributed by atoms with Gasteiger partial charge in [-0.2, -0.15) is 0 Å². The fraction of sp³-hybridized carbons (Fsp3) is 0.750. The molecule has 0 aromatic heterocycles. The Balaban J connectivity index is 0.00000648. The van der Waals surface area contributed by atoms with Gasteiger partial charge in [-0.15, -0.1) is 0 Å². The number of carbonyl (C=O) groups is 8. The molecular weight excluding hydrogens is 1280 g/mol. The largest absolute Gasteiger partial charge is 2.00 e. The number of rotatable bonds is 32. The van der Waals surface area contributed by atoms with E-state index >= 15 is 0 Å². The monoisotopic (exact) mass is 1330 g/mol. The first-order chi connectivity index (χ1) is 31.8. The van der Waals surface area contributed by atoms with Gasteiger partial charge in [-0.05, 0) is 103 Å².